The van der Waals surface area contributed by atoms with Gasteiger partial charge in [0.2, 0.25) is 0 Å². The molecule has 1 atom stereocenters. The van der Waals surface area contributed by atoms with E-state index in [1.165, 1.54) is 12.1 Å². The fraction of sp³-hybridized carbons (Fsp3) is 0.538. The number of pyridine rings is 1. The van der Waals surface area contributed by atoms with Crippen LogP contribution in [0.5, 0.6) is 0 Å². The summed E-state index contributed by atoms with van der Waals surface area (Å²) in [5.74, 6) is -0.269. The van der Waals surface area contributed by atoms with Crippen LogP contribution in [0.4, 0.5) is 4.39 Å². The minimum absolute atomic E-state index is 0.0195. The maximum Gasteiger partial charge on any atom is 0.182 e. The van der Waals surface area contributed by atoms with Crippen LogP contribution >= 0.6 is 0 Å². The molecular formula is C13H17FN2O3S. The van der Waals surface area contributed by atoms with Gasteiger partial charge in [0.05, 0.1) is 17.7 Å². The lowest BCUT2D eigenvalue weighted by Crippen LogP contribution is -2.34. The summed E-state index contributed by atoms with van der Waals surface area (Å²) in [5.41, 5.74) is 0.235. The monoisotopic (exact) mass is 300 g/mol. The van der Waals surface area contributed by atoms with E-state index in [0.29, 0.717) is 13.0 Å². The fourth-order valence-electron chi connectivity index (χ4n) is 2.25. The highest BCUT2D eigenvalue weighted by Gasteiger charge is 2.30. The van der Waals surface area contributed by atoms with E-state index in [4.69, 9.17) is 0 Å². The van der Waals surface area contributed by atoms with Gasteiger partial charge in [0.15, 0.2) is 15.6 Å². The third-order valence-electron chi connectivity index (χ3n) is 3.54. The van der Waals surface area contributed by atoms with Crippen LogP contribution in [0.2, 0.25) is 0 Å². The van der Waals surface area contributed by atoms with Crippen molar-refractivity contribution < 1.29 is 17.6 Å². The molecular weight excluding hydrogens is 283 g/mol. The van der Waals surface area contributed by atoms with Crippen LogP contribution < -0.4 is 0 Å². The van der Waals surface area contributed by atoms with Gasteiger partial charge in [-0.15, -0.1) is 0 Å². The van der Waals surface area contributed by atoms with Crippen molar-refractivity contribution in [3.63, 3.8) is 0 Å². The van der Waals surface area contributed by atoms with Crippen molar-refractivity contribution in [2.75, 3.05) is 25.1 Å². The Balaban J connectivity index is 1.86. The second-order valence-corrected chi connectivity index (χ2v) is 7.30. The first-order chi connectivity index (χ1) is 9.37. The van der Waals surface area contributed by atoms with Crippen LogP contribution in [-0.4, -0.2) is 55.2 Å². The molecule has 0 bridgehead atoms. The van der Waals surface area contributed by atoms with Crippen LogP contribution in [-0.2, 0) is 9.84 Å². The topological polar surface area (TPSA) is 67.3 Å². The standard InChI is InChI=1S/C13H17FN2O3S/c1-16(11-5-7-20(18,19)9-11)6-4-13(17)12-3-2-10(14)8-15-12/h2-3,8,11H,4-7,9H2,1H3. The maximum absolute atomic E-state index is 12.7. The van der Waals surface area contributed by atoms with Crippen molar-refractivity contribution >= 4 is 15.6 Å². The van der Waals surface area contributed by atoms with E-state index in [9.17, 15) is 17.6 Å². The number of carbonyl (C=O) groups excluding carboxylic acids is 1. The third kappa shape index (κ3) is 3.83. The summed E-state index contributed by atoms with van der Waals surface area (Å²) < 4.78 is 35.5. The molecule has 0 aromatic carbocycles. The molecule has 1 aromatic heterocycles. The first-order valence-electron chi connectivity index (χ1n) is 6.43. The van der Waals surface area contributed by atoms with E-state index >= 15 is 0 Å². The molecule has 1 aliphatic rings. The number of hydrogen-bond donors (Lipinski definition) is 0. The predicted octanol–water partition coefficient (Wildman–Crippen LogP) is 0.912. The van der Waals surface area contributed by atoms with Gasteiger partial charge in [0.25, 0.3) is 0 Å². The SMILES string of the molecule is CN(CCC(=O)c1ccc(F)cn1)C1CCS(=O)(=O)C1. The summed E-state index contributed by atoms with van der Waals surface area (Å²) in [5, 5.41) is 0. The number of ketones is 1. The first-order valence-corrected chi connectivity index (χ1v) is 8.25. The van der Waals surface area contributed by atoms with Crippen LogP contribution in [0.15, 0.2) is 18.3 Å². The number of nitrogens with zero attached hydrogens (tertiary/aromatic N) is 2. The number of rotatable bonds is 5. The summed E-state index contributed by atoms with van der Waals surface area (Å²) in [6, 6.07) is 2.54. The Kier molecular flexibility index (Phi) is 4.49. The van der Waals surface area contributed by atoms with E-state index in [0.717, 1.165) is 6.20 Å². The quantitative estimate of drug-likeness (QED) is 0.756. The molecule has 1 fully saturated rings. The van der Waals surface area contributed by atoms with Gasteiger partial charge in [-0.2, -0.15) is 0 Å². The predicted molar refractivity (Wildman–Crippen MR) is 72.8 cm³/mol. The molecule has 0 amide bonds. The molecule has 0 spiro atoms. The van der Waals surface area contributed by atoms with Gasteiger partial charge < -0.3 is 4.90 Å². The van der Waals surface area contributed by atoms with Crippen molar-refractivity contribution in [3.8, 4) is 0 Å². The number of sulfone groups is 1. The molecule has 0 aliphatic carbocycles. The van der Waals surface area contributed by atoms with Crippen LogP contribution in [0, 0.1) is 5.82 Å². The van der Waals surface area contributed by atoms with E-state index in [-0.39, 0.29) is 35.4 Å². The molecule has 2 rings (SSSR count). The normalized spacial score (nSPS) is 21.2. The Morgan fingerprint density at radius 1 is 1.50 bits per heavy atom. The van der Waals surface area contributed by atoms with Crippen LogP contribution in [0.25, 0.3) is 0 Å². The first kappa shape index (κ1) is 15.1. The maximum atomic E-state index is 12.7. The van der Waals surface area contributed by atoms with Gasteiger partial charge >= 0.3 is 0 Å². The average Bonchev–Trinajstić information content (AvgIpc) is 2.77. The molecule has 2 heterocycles. The van der Waals surface area contributed by atoms with Crippen molar-refractivity contribution in [3.05, 3.63) is 29.8 Å². The Morgan fingerprint density at radius 2 is 2.25 bits per heavy atom. The zero-order chi connectivity index (χ0) is 14.8. The molecule has 1 aliphatic heterocycles. The van der Waals surface area contributed by atoms with E-state index in [1.807, 2.05) is 11.9 Å². The second-order valence-electron chi connectivity index (χ2n) is 5.07. The van der Waals surface area contributed by atoms with E-state index in [1.54, 1.807) is 0 Å². The van der Waals surface area contributed by atoms with E-state index in [2.05, 4.69) is 4.98 Å². The second kappa shape index (κ2) is 5.97. The summed E-state index contributed by atoms with van der Waals surface area (Å²) in [7, 11) is -1.10. The lowest BCUT2D eigenvalue weighted by molar-refractivity contribution is 0.0958. The number of hydrogen-bond acceptors (Lipinski definition) is 5. The number of Topliss-reactive ketones (excluding diaryl/α,β-unsaturated/α-hetero) is 1. The molecule has 5 nitrogen and oxygen atoms in total. The number of halogens is 1. The van der Waals surface area contributed by atoms with Crippen molar-refractivity contribution in [1.29, 1.82) is 0 Å². The lowest BCUT2D eigenvalue weighted by Gasteiger charge is -2.22. The summed E-state index contributed by atoms with van der Waals surface area (Å²) in [6.45, 7) is 0.470. The van der Waals surface area contributed by atoms with Crippen molar-refractivity contribution in [2.45, 2.75) is 18.9 Å². The molecule has 7 heteroatoms. The summed E-state index contributed by atoms with van der Waals surface area (Å²) >= 11 is 0. The zero-order valence-corrected chi connectivity index (χ0v) is 12.1. The Morgan fingerprint density at radius 3 is 2.80 bits per heavy atom. The molecule has 0 radical (unpaired) electrons. The molecule has 1 aromatic rings. The lowest BCUT2D eigenvalue weighted by atomic mass is 10.1. The van der Waals surface area contributed by atoms with Gasteiger partial charge in [-0.25, -0.2) is 12.8 Å². The van der Waals surface area contributed by atoms with E-state index < -0.39 is 15.7 Å². The number of carbonyl (C=O) groups is 1. The molecule has 20 heavy (non-hydrogen) atoms. The molecule has 1 unspecified atom stereocenters. The zero-order valence-electron chi connectivity index (χ0n) is 11.3. The third-order valence-corrected chi connectivity index (χ3v) is 5.29. The largest absolute Gasteiger partial charge is 0.302 e. The Hall–Kier alpha value is -1.34. The van der Waals surface area contributed by atoms with Gasteiger partial charge in [-0.1, -0.05) is 0 Å². The average molecular weight is 300 g/mol. The molecule has 0 saturated carbocycles. The number of aromatic nitrogens is 1. The van der Waals surface area contributed by atoms with Crippen molar-refractivity contribution in [2.24, 2.45) is 0 Å². The highest BCUT2D eigenvalue weighted by Crippen LogP contribution is 2.16. The van der Waals surface area contributed by atoms with Crippen LogP contribution in [0.1, 0.15) is 23.3 Å². The fourth-order valence-corrected chi connectivity index (χ4v) is 4.06. The molecule has 110 valence electrons. The molecule has 1 saturated heterocycles. The van der Waals surface area contributed by atoms with Gasteiger partial charge in [0, 0.05) is 19.0 Å². The highest BCUT2D eigenvalue weighted by atomic mass is 32.2. The molecule has 0 N–H and O–H groups in total. The minimum atomic E-state index is -2.92. The smallest absolute Gasteiger partial charge is 0.182 e. The Bertz CT molecular complexity index is 586. The minimum Gasteiger partial charge on any atom is -0.302 e. The van der Waals surface area contributed by atoms with Gasteiger partial charge in [-0.05, 0) is 25.6 Å². The van der Waals surface area contributed by atoms with Gasteiger partial charge in [0.1, 0.15) is 11.5 Å². The van der Waals surface area contributed by atoms with Crippen LogP contribution in [0.3, 0.4) is 0 Å². The van der Waals surface area contributed by atoms with Gasteiger partial charge in [-0.3, -0.25) is 9.78 Å². The summed E-state index contributed by atoms with van der Waals surface area (Å²) in [6.07, 6.45) is 1.87. The highest BCUT2D eigenvalue weighted by molar-refractivity contribution is 7.91. The summed E-state index contributed by atoms with van der Waals surface area (Å²) in [4.78, 5) is 17.5. The Labute approximate surface area is 117 Å². The van der Waals surface area contributed by atoms with Crippen molar-refractivity contribution in [1.82, 2.24) is 9.88 Å².